The minimum Gasteiger partial charge on any atom is -0.485 e. The van der Waals surface area contributed by atoms with E-state index in [1.165, 1.54) is 12.1 Å². The molecule has 1 aliphatic rings. The maximum absolute atomic E-state index is 13.5. The molecule has 2 N–H and O–H groups in total. The molecule has 0 fully saturated rings. The highest BCUT2D eigenvalue weighted by atomic mass is 35.5. The Morgan fingerprint density at radius 3 is 2.50 bits per heavy atom. The summed E-state index contributed by atoms with van der Waals surface area (Å²) < 4.78 is 38.3. The van der Waals surface area contributed by atoms with E-state index in [0.29, 0.717) is 27.4 Å². The van der Waals surface area contributed by atoms with E-state index in [-0.39, 0.29) is 22.2 Å². The number of amides is 1. The minimum atomic E-state index is -3.97. The number of fused-ring (bicyclic) bond motifs is 2. The van der Waals surface area contributed by atoms with Crippen molar-refractivity contribution in [2.24, 2.45) is 0 Å². The number of carbonyl (C=O) groups is 1. The summed E-state index contributed by atoms with van der Waals surface area (Å²) in [6, 6.07) is 19.9. The van der Waals surface area contributed by atoms with Crippen LogP contribution in [0.2, 0.25) is 5.02 Å². The van der Waals surface area contributed by atoms with Gasteiger partial charge in [0.05, 0.1) is 4.90 Å². The maximum Gasteiger partial charge on any atom is 0.270 e. The lowest BCUT2D eigenvalue weighted by atomic mass is 10.2. The van der Waals surface area contributed by atoms with Crippen LogP contribution in [0.25, 0.3) is 10.9 Å². The predicted molar refractivity (Wildman–Crippen MR) is 120 cm³/mol. The fourth-order valence-electron chi connectivity index (χ4n) is 3.58. The third-order valence-corrected chi connectivity index (χ3v) is 7.17. The lowest BCUT2D eigenvalue weighted by molar-refractivity contribution is -0.125. The minimum absolute atomic E-state index is 0.00429. The molecule has 1 amide bonds. The number of benzene rings is 3. The monoisotopic (exact) mass is 468 g/mol. The molecule has 0 aliphatic carbocycles. The zero-order chi connectivity index (χ0) is 22.3. The number of H-pyrrole nitrogens is 1. The highest BCUT2D eigenvalue weighted by Crippen LogP contribution is 2.37. The number of ether oxygens (including phenoxy) is 2. The molecule has 0 saturated carbocycles. The van der Waals surface area contributed by atoms with E-state index in [2.05, 4.69) is 10.3 Å². The Labute approximate surface area is 188 Å². The Morgan fingerprint density at radius 1 is 1.00 bits per heavy atom. The molecule has 0 radical (unpaired) electrons. The summed E-state index contributed by atoms with van der Waals surface area (Å²) in [7, 11) is -3.97. The summed E-state index contributed by atoms with van der Waals surface area (Å²) in [4.78, 5) is 16.0. The number of halogens is 1. The smallest absolute Gasteiger partial charge is 0.270 e. The van der Waals surface area contributed by atoms with Crippen molar-refractivity contribution in [1.82, 2.24) is 4.98 Å². The first-order chi connectivity index (χ1) is 15.4. The van der Waals surface area contributed by atoms with Gasteiger partial charge in [-0.3, -0.25) is 4.79 Å². The molecule has 1 unspecified atom stereocenters. The van der Waals surface area contributed by atoms with Gasteiger partial charge in [0, 0.05) is 15.9 Å². The highest BCUT2D eigenvalue weighted by Gasteiger charge is 2.31. The summed E-state index contributed by atoms with van der Waals surface area (Å²) in [5.41, 5.74) is 0.519. The molecule has 5 rings (SSSR count). The van der Waals surface area contributed by atoms with Crippen molar-refractivity contribution in [2.75, 3.05) is 11.9 Å². The number of aromatic amines is 1. The number of hydrogen-bond donors (Lipinski definition) is 2. The van der Waals surface area contributed by atoms with Gasteiger partial charge in [-0.15, -0.1) is 0 Å². The molecule has 162 valence electrons. The Balaban J connectivity index is 1.55. The Bertz CT molecular complexity index is 1430. The third-order valence-electron chi connectivity index (χ3n) is 5.08. The number of para-hydroxylation sites is 2. The second-order valence-electron chi connectivity index (χ2n) is 7.19. The molecule has 9 heteroatoms. The second-order valence-corrected chi connectivity index (χ2v) is 9.51. The van der Waals surface area contributed by atoms with Crippen LogP contribution in [0.15, 0.2) is 82.6 Å². The number of rotatable bonds is 4. The maximum atomic E-state index is 13.5. The predicted octanol–water partition coefficient (Wildman–Crippen LogP) is 4.43. The van der Waals surface area contributed by atoms with Crippen LogP contribution in [0.4, 0.5) is 5.82 Å². The lowest BCUT2D eigenvalue weighted by Gasteiger charge is -2.25. The number of anilines is 1. The zero-order valence-electron chi connectivity index (χ0n) is 16.5. The molecule has 4 aromatic rings. The molecule has 0 saturated heterocycles. The molecule has 3 aromatic carbocycles. The van der Waals surface area contributed by atoms with E-state index >= 15 is 0 Å². The first-order valence-corrected chi connectivity index (χ1v) is 11.6. The van der Waals surface area contributed by atoms with Gasteiger partial charge in [-0.25, -0.2) is 8.42 Å². The summed E-state index contributed by atoms with van der Waals surface area (Å²) >= 11 is 6.14. The molecule has 1 aliphatic heterocycles. The number of sulfone groups is 1. The highest BCUT2D eigenvalue weighted by molar-refractivity contribution is 7.92. The molecule has 0 spiro atoms. The first kappa shape index (κ1) is 20.4. The van der Waals surface area contributed by atoms with Crippen molar-refractivity contribution in [2.45, 2.75) is 15.9 Å². The van der Waals surface area contributed by atoms with Crippen LogP contribution in [-0.4, -0.2) is 32.0 Å². The normalized spacial score (nSPS) is 15.5. The Hall–Kier alpha value is -3.49. The van der Waals surface area contributed by atoms with Crippen LogP contribution in [0.5, 0.6) is 11.5 Å². The van der Waals surface area contributed by atoms with Gasteiger partial charge in [-0.1, -0.05) is 41.9 Å². The van der Waals surface area contributed by atoms with E-state index in [0.717, 1.165) is 0 Å². The fraction of sp³-hybridized carbons (Fsp3) is 0.0870. The van der Waals surface area contributed by atoms with Crippen molar-refractivity contribution in [3.8, 4) is 11.5 Å². The van der Waals surface area contributed by atoms with Crippen molar-refractivity contribution in [1.29, 1.82) is 0 Å². The average molecular weight is 469 g/mol. The number of nitrogens with one attached hydrogen (secondary N) is 2. The summed E-state index contributed by atoms with van der Waals surface area (Å²) in [5, 5.41) is 3.43. The van der Waals surface area contributed by atoms with Gasteiger partial charge in [0.15, 0.2) is 11.5 Å². The molecule has 7 nitrogen and oxygen atoms in total. The average Bonchev–Trinajstić information content (AvgIpc) is 3.16. The zero-order valence-corrected chi connectivity index (χ0v) is 18.1. The summed E-state index contributed by atoms with van der Waals surface area (Å²) in [6.07, 6.45) is -0.952. The van der Waals surface area contributed by atoms with E-state index < -0.39 is 21.8 Å². The lowest BCUT2D eigenvalue weighted by Crippen LogP contribution is -2.40. The van der Waals surface area contributed by atoms with E-state index in [9.17, 15) is 13.2 Å². The van der Waals surface area contributed by atoms with Gasteiger partial charge in [0.2, 0.25) is 15.9 Å². The molecule has 0 bridgehead atoms. The van der Waals surface area contributed by atoms with Crippen LogP contribution in [0.1, 0.15) is 0 Å². The van der Waals surface area contributed by atoms with Crippen LogP contribution in [-0.2, 0) is 14.6 Å². The van der Waals surface area contributed by atoms with E-state index in [1.54, 1.807) is 60.7 Å². The first-order valence-electron chi connectivity index (χ1n) is 9.74. The van der Waals surface area contributed by atoms with Crippen LogP contribution >= 0.6 is 11.6 Å². The SMILES string of the molecule is O=C(Nc1[nH]c2ccc(Cl)cc2c1S(=O)(=O)c1ccccc1)C1COc2ccccc2O1. The Morgan fingerprint density at radius 2 is 1.72 bits per heavy atom. The molecule has 32 heavy (non-hydrogen) atoms. The number of hydrogen-bond acceptors (Lipinski definition) is 5. The molecule has 1 aromatic heterocycles. The van der Waals surface area contributed by atoms with Crippen LogP contribution in [0, 0.1) is 0 Å². The Kier molecular flexibility index (Phi) is 5.03. The molecular weight excluding hydrogens is 452 g/mol. The van der Waals surface area contributed by atoms with Crippen LogP contribution < -0.4 is 14.8 Å². The largest absolute Gasteiger partial charge is 0.485 e. The third kappa shape index (κ3) is 3.57. The molecule has 1 atom stereocenters. The van der Waals surface area contributed by atoms with E-state index in [4.69, 9.17) is 21.1 Å². The standard InChI is InChI=1S/C23H17ClN2O5S/c24-14-10-11-17-16(12-14)21(32(28,29)15-6-2-1-3-7-15)22(25-17)26-23(27)20-13-30-18-8-4-5-9-19(18)31-20/h1-12,20,25H,13H2,(H,26,27). The van der Waals surface area contributed by atoms with Crippen molar-refractivity contribution in [3.05, 3.63) is 77.8 Å². The summed E-state index contributed by atoms with van der Waals surface area (Å²) in [6.45, 7) is -0.00429. The van der Waals surface area contributed by atoms with Crippen LogP contribution in [0.3, 0.4) is 0 Å². The number of carbonyl (C=O) groups excluding carboxylic acids is 1. The van der Waals surface area contributed by atoms with Crippen molar-refractivity contribution in [3.63, 3.8) is 0 Å². The van der Waals surface area contributed by atoms with Gasteiger partial charge in [-0.2, -0.15) is 0 Å². The molecular formula is C23H17ClN2O5S. The van der Waals surface area contributed by atoms with Crippen molar-refractivity contribution >= 4 is 44.1 Å². The second kappa shape index (κ2) is 7.89. The fourth-order valence-corrected chi connectivity index (χ4v) is 5.33. The topological polar surface area (TPSA) is 97.5 Å². The van der Waals surface area contributed by atoms with Gasteiger partial charge in [-0.05, 0) is 42.5 Å². The quantitative estimate of drug-likeness (QED) is 0.461. The van der Waals surface area contributed by atoms with Gasteiger partial charge >= 0.3 is 0 Å². The van der Waals surface area contributed by atoms with E-state index in [1.807, 2.05) is 0 Å². The van der Waals surface area contributed by atoms with Gasteiger partial charge in [0.25, 0.3) is 5.91 Å². The van der Waals surface area contributed by atoms with Gasteiger partial charge < -0.3 is 19.8 Å². The summed E-state index contributed by atoms with van der Waals surface area (Å²) in [5.74, 6) is 0.490. The molecule has 2 heterocycles. The van der Waals surface area contributed by atoms with Gasteiger partial charge in [0.1, 0.15) is 17.3 Å². The van der Waals surface area contributed by atoms with Crippen molar-refractivity contribution < 1.29 is 22.7 Å². The number of aromatic nitrogens is 1.